The Labute approximate surface area is 164 Å². The number of amides is 2. The maximum atomic E-state index is 13.0. The van der Waals surface area contributed by atoms with Crippen LogP contribution in [0.2, 0.25) is 0 Å². The van der Waals surface area contributed by atoms with Gasteiger partial charge in [-0.3, -0.25) is 9.59 Å². The fourth-order valence-corrected chi connectivity index (χ4v) is 3.99. The van der Waals surface area contributed by atoms with E-state index in [1.54, 1.807) is 6.33 Å². The van der Waals surface area contributed by atoms with E-state index >= 15 is 0 Å². The Balaban J connectivity index is 1.41. The summed E-state index contributed by atoms with van der Waals surface area (Å²) in [5.74, 6) is 0.0223. The SMILES string of the molecule is CCNC(=O)C1CCN(C(=O)c2ncn3c2CO[C@@H](c2ccccc2)C3)CC1. The van der Waals surface area contributed by atoms with Crippen LogP contribution in [-0.4, -0.2) is 45.9 Å². The van der Waals surface area contributed by atoms with Crippen LogP contribution < -0.4 is 5.32 Å². The van der Waals surface area contributed by atoms with Gasteiger partial charge < -0.3 is 19.5 Å². The first-order chi connectivity index (χ1) is 13.7. The van der Waals surface area contributed by atoms with Crippen molar-refractivity contribution in [1.82, 2.24) is 19.8 Å². The molecule has 0 radical (unpaired) electrons. The zero-order valence-electron chi connectivity index (χ0n) is 16.1. The molecular formula is C21H26N4O3. The van der Waals surface area contributed by atoms with Crippen molar-refractivity contribution in [2.24, 2.45) is 5.92 Å². The number of fused-ring (bicyclic) bond motifs is 1. The lowest BCUT2D eigenvalue weighted by Gasteiger charge is -2.31. The summed E-state index contributed by atoms with van der Waals surface area (Å²) in [6.07, 6.45) is 3.10. The predicted octanol–water partition coefficient (Wildman–Crippen LogP) is 2.14. The first kappa shape index (κ1) is 18.7. The molecule has 2 amide bonds. The molecule has 148 valence electrons. The lowest BCUT2D eigenvalue weighted by atomic mass is 9.95. The number of imidazole rings is 1. The molecule has 0 saturated carbocycles. The second kappa shape index (κ2) is 8.14. The zero-order valence-corrected chi connectivity index (χ0v) is 16.1. The molecule has 1 aromatic carbocycles. The Kier molecular flexibility index (Phi) is 5.43. The van der Waals surface area contributed by atoms with Gasteiger partial charge in [0, 0.05) is 25.6 Å². The number of hydrogen-bond acceptors (Lipinski definition) is 4. The second-order valence-electron chi connectivity index (χ2n) is 7.36. The van der Waals surface area contributed by atoms with E-state index in [0.29, 0.717) is 51.3 Å². The quantitative estimate of drug-likeness (QED) is 0.879. The molecule has 0 aliphatic carbocycles. The van der Waals surface area contributed by atoms with Crippen molar-refractivity contribution >= 4 is 11.8 Å². The molecule has 1 atom stereocenters. The van der Waals surface area contributed by atoms with Gasteiger partial charge in [0.2, 0.25) is 5.91 Å². The molecule has 0 spiro atoms. The first-order valence-electron chi connectivity index (χ1n) is 9.95. The lowest BCUT2D eigenvalue weighted by Crippen LogP contribution is -2.43. The van der Waals surface area contributed by atoms with E-state index in [9.17, 15) is 9.59 Å². The average Bonchev–Trinajstić information content (AvgIpc) is 3.17. The minimum atomic E-state index is -0.0649. The van der Waals surface area contributed by atoms with Crippen molar-refractivity contribution in [1.29, 1.82) is 0 Å². The van der Waals surface area contributed by atoms with Crippen molar-refractivity contribution in [3.8, 4) is 0 Å². The van der Waals surface area contributed by atoms with Gasteiger partial charge in [0.1, 0.15) is 6.10 Å². The van der Waals surface area contributed by atoms with Crippen LogP contribution in [0, 0.1) is 5.92 Å². The molecule has 4 rings (SSSR count). The summed E-state index contributed by atoms with van der Waals surface area (Å²) in [6.45, 7) is 4.75. The Bertz CT molecular complexity index is 841. The van der Waals surface area contributed by atoms with E-state index in [0.717, 1.165) is 11.3 Å². The van der Waals surface area contributed by atoms with Crippen molar-refractivity contribution in [2.75, 3.05) is 19.6 Å². The van der Waals surface area contributed by atoms with Crippen molar-refractivity contribution < 1.29 is 14.3 Å². The lowest BCUT2D eigenvalue weighted by molar-refractivity contribution is -0.126. The van der Waals surface area contributed by atoms with Gasteiger partial charge in [-0.2, -0.15) is 0 Å². The molecule has 1 N–H and O–H groups in total. The molecule has 28 heavy (non-hydrogen) atoms. The van der Waals surface area contributed by atoms with Gasteiger partial charge in [-0.1, -0.05) is 30.3 Å². The average molecular weight is 382 g/mol. The molecule has 1 aromatic heterocycles. The van der Waals surface area contributed by atoms with Crippen molar-refractivity contribution in [2.45, 2.75) is 39.0 Å². The second-order valence-corrected chi connectivity index (χ2v) is 7.36. The number of piperidine rings is 1. The Morgan fingerprint density at radius 2 is 1.96 bits per heavy atom. The predicted molar refractivity (Wildman–Crippen MR) is 104 cm³/mol. The summed E-state index contributed by atoms with van der Waals surface area (Å²) in [5.41, 5.74) is 2.44. The third-order valence-corrected chi connectivity index (χ3v) is 5.61. The molecule has 2 aliphatic heterocycles. The Hall–Kier alpha value is -2.67. The van der Waals surface area contributed by atoms with Gasteiger partial charge >= 0.3 is 0 Å². The summed E-state index contributed by atoms with van der Waals surface area (Å²) in [6, 6.07) is 10.1. The van der Waals surface area contributed by atoms with Gasteiger partial charge in [0.25, 0.3) is 5.91 Å². The van der Waals surface area contributed by atoms with Crippen LogP contribution in [0.15, 0.2) is 36.7 Å². The highest BCUT2D eigenvalue weighted by atomic mass is 16.5. The number of ether oxygens (including phenoxy) is 1. The maximum Gasteiger partial charge on any atom is 0.274 e. The van der Waals surface area contributed by atoms with Crippen LogP contribution in [-0.2, 0) is 22.7 Å². The fourth-order valence-electron chi connectivity index (χ4n) is 3.99. The highest BCUT2D eigenvalue weighted by molar-refractivity contribution is 5.93. The monoisotopic (exact) mass is 382 g/mol. The van der Waals surface area contributed by atoms with Crippen LogP contribution in [0.1, 0.15) is 47.6 Å². The number of nitrogens with zero attached hydrogens (tertiary/aromatic N) is 3. The number of hydrogen-bond donors (Lipinski definition) is 1. The van der Waals surface area contributed by atoms with E-state index < -0.39 is 0 Å². The minimum absolute atomic E-state index is 0.00475. The van der Waals surface area contributed by atoms with Crippen LogP contribution >= 0.6 is 0 Å². The van der Waals surface area contributed by atoms with Crippen LogP contribution in [0.3, 0.4) is 0 Å². The first-order valence-corrected chi connectivity index (χ1v) is 9.95. The highest BCUT2D eigenvalue weighted by Crippen LogP contribution is 2.28. The number of nitrogens with one attached hydrogen (secondary N) is 1. The maximum absolute atomic E-state index is 13.0. The molecule has 3 heterocycles. The highest BCUT2D eigenvalue weighted by Gasteiger charge is 2.32. The van der Waals surface area contributed by atoms with Crippen molar-refractivity contribution in [3.05, 3.63) is 53.6 Å². The number of rotatable bonds is 4. The summed E-state index contributed by atoms with van der Waals surface area (Å²) >= 11 is 0. The molecule has 7 heteroatoms. The van der Waals surface area contributed by atoms with Crippen LogP contribution in [0.5, 0.6) is 0 Å². The molecule has 7 nitrogen and oxygen atoms in total. The van der Waals surface area contributed by atoms with Crippen LogP contribution in [0.25, 0.3) is 0 Å². The van der Waals surface area contributed by atoms with Crippen molar-refractivity contribution in [3.63, 3.8) is 0 Å². The van der Waals surface area contributed by atoms with E-state index in [1.807, 2.05) is 34.6 Å². The van der Waals surface area contributed by atoms with Crippen LogP contribution in [0.4, 0.5) is 0 Å². The van der Waals surface area contributed by atoms with Gasteiger partial charge in [0.05, 0.1) is 25.2 Å². The normalized spacial score (nSPS) is 19.9. The molecule has 0 bridgehead atoms. The topological polar surface area (TPSA) is 76.5 Å². The molecule has 1 saturated heterocycles. The molecule has 1 fully saturated rings. The standard InChI is InChI=1S/C21H26N4O3/c1-2-22-20(26)16-8-10-24(11-9-16)21(27)19-17-13-28-18(12-25(17)14-23-19)15-6-4-3-5-7-15/h3-7,14,16,18H,2,8-13H2,1H3,(H,22,26)/t18-/m1/s1. The largest absolute Gasteiger partial charge is 0.365 e. The third kappa shape index (κ3) is 3.67. The Morgan fingerprint density at radius 1 is 1.21 bits per heavy atom. The van der Waals surface area contributed by atoms with Gasteiger partial charge in [0.15, 0.2) is 5.69 Å². The number of aromatic nitrogens is 2. The van der Waals surface area contributed by atoms with Gasteiger partial charge in [-0.05, 0) is 25.3 Å². The molecule has 2 aromatic rings. The number of likely N-dealkylation sites (tertiary alicyclic amines) is 1. The van der Waals surface area contributed by atoms with E-state index in [2.05, 4.69) is 22.4 Å². The summed E-state index contributed by atoms with van der Waals surface area (Å²) in [5, 5.41) is 2.87. The van der Waals surface area contributed by atoms with E-state index in [4.69, 9.17) is 4.74 Å². The Morgan fingerprint density at radius 3 is 2.68 bits per heavy atom. The summed E-state index contributed by atoms with van der Waals surface area (Å²) < 4.78 is 8.04. The molecule has 0 unspecified atom stereocenters. The van der Waals surface area contributed by atoms with Gasteiger partial charge in [-0.15, -0.1) is 0 Å². The molecular weight excluding hydrogens is 356 g/mol. The number of benzene rings is 1. The zero-order chi connectivity index (χ0) is 19.5. The molecule has 2 aliphatic rings. The summed E-state index contributed by atoms with van der Waals surface area (Å²) in [4.78, 5) is 31.2. The van der Waals surface area contributed by atoms with E-state index in [1.165, 1.54) is 0 Å². The van der Waals surface area contributed by atoms with Gasteiger partial charge in [-0.25, -0.2) is 4.98 Å². The smallest absolute Gasteiger partial charge is 0.274 e. The van der Waals surface area contributed by atoms with E-state index in [-0.39, 0.29) is 23.8 Å². The number of carbonyl (C=O) groups is 2. The third-order valence-electron chi connectivity index (χ3n) is 5.61. The fraction of sp³-hybridized carbons (Fsp3) is 0.476. The summed E-state index contributed by atoms with van der Waals surface area (Å²) in [7, 11) is 0. The number of carbonyl (C=O) groups excluding carboxylic acids is 2. The minimum Gasteiger partial charge on any atom is -0.365 e.